The van der Waals surface area contributed by atoms with Crippen molar-refractivity contribution in [3.05, 3.63) is 83.4 Å². The molecule has 234 valence electrons. The van der Waals surface area contributed by atoms with Crippen LogP contribution >= 0.6 is 11.6 Å². The number of halogens is 1. The summed E-state index contributed by atoms with van der Waals surface area (Å²) in [5.74, 6) is -0.298. The number of pyridine rings is 1. The zero-order valence-corrected chi connectivity index (χ0v) is 25.4. The van der Waals surface area contributed by atoms with Crippen LogP contribution in [0.25, 0.3) is 22.9 Å². The number of methoxy groups -OCH3 is 2. The van der Waals surface area contributed by atoms with Crippen molar-refractivity contribution in [1.82, 2.24) is 30.5 Å². The van der Waals surface area contributed by atoms with Crippen molar-refractivity contribution < 1.29 is 24.2 Å². The molecule has 14 heteroatoms. The second kappa shape index (κ2) is 14.8. The molecule has 45 heavy (non-hydrogen) atoms. The zero-order chi connectivity index (χ0) is 31.8. The standard InChI is InChI=1S/C31H33ClN8O5/c1-44-30(42)26-6-4-3-5-25(37-29(41)12-7-19-14-22(32)8-11-28(19)40-18-34-38-39-40)21-13-20(16-33-17-21)24-10-9-23(15-27(24)36-26)35-31(43)45-2/h7-18,25-26,30,36,42H,3-6H2,1-2H3,(H,35,43)(H,37,41)/b12-7+/t25-,26+,30?/m0/s1. The molecule has 0 saturated heterocycles. The van der Waals surface area contributed by atoms with Gasteiger partial charge in [-0.25, -0.2) is 4.79 Å². The molecule has 13 nitrogen and oxygen atoms in total. The van der Waals surface area contributed by atoms with Crippen molar-refractivity contribution in [3.63, 3.8) is 0 Å². The third-order valence-electron chi connectivity index (χ3n) is 7.42. The molecule has 1 aliphatic rings. The SMILES string of the molecule is COC(=O)Nc1ccc2c(c1)N[C@@H](C(O)OC)CCCC[C@H](NC(=O)/C=C/c1cc(Cl)ccc1-n1cnnn1)c1cncc-2c1. The van der Waals surface area contributed by atoms with Gasteiger partial charge in [-0.1, -0.05) is 30.5 Å². The first-order valence-electron chi connectivity index (χ1n) is 14.3. The molecule has 2 aromatic heterocycles. The molecule has 0 radical (unpaired) electrons. The second-order valence-electron chi connectivity index (χ2n) is 10.4. The van der Waals surface area contributed by atoms with E-state index < -0.39 is 18.4 Å². The van der Waals surface area contributed by atoms with E-state index in [9.17, 15) is 14.7 Å². The Morgan fingerprint density at radius 3 is 2.76 bits per heavy atom. The van der Waals surface area contributed by atoms with Gasteiger partial charge in [-0.05, 0) is 71.3 Å². The van der Waals surface area contributed by atoms with Crippen LogP contribution in [0, 0.1) is 0 Å². The van der Waals surface area contributed by atoms with Gasteiger partial charge >= 0.3 is 6.09 Å². The molecule has 2 amide bonds. The van der Waals surface area contributed by atoms with E-state index in [0.717, 1.165) is 29.5 Å². The molecule has 3 atom stereocenters. The Bertz CT molecular complexity index is 1670. The number of nitrogens with zero attached hydrogens (tertiary/aromatic N) is 5. The maximum absolute atomic E-state index is 13.3. The predicted octanol–water partition coefficient (Wildman–Crippen LogP) is 4.75. The number of ether oxygens (including phenoxy) is 2. The van der Waals surface area contributed by atoms with Gasteiger partial charge in [-0.2, -0.15) is 4.68 Å². The Hall–Kier alpha value is -4.85. The second-order valence-corrected chi connectivity index (χ2v) is 10.8. The van der Waals surface area contributed by atoms with E-state index in [0.29, 0.717) is 40.5 Å². The van der Waals surface area contributed by atoms with Gasteiger partial charge in [0.25, 0.3) is 0 Å². The largest absolute Gasteiger partial charge is 0.453 e. The Balaban J connectivity index is 1.44. The van der Waals surface area contributed by atoms with Crippen LogP contribution in [0.2, 0.25) is 5.02 Å². The lowest BCUT2D eigenvalue weighted by molar-refractivity contribution is -0.117. The normalized spacial score (nSPS) is 17.2. The Labute approximate surface area is 264 Å². The number of carbonyl (C=O) groups is 2. The minimum atomic E-state index is -1.08. The molecule has 1 unspecified atom stereocenters. The van der Waals surface area contributed by atoms with E-state index in [1.54, 1.807) is 48.8 Å². The van der Waals surface area contributed by atoms with Crippen molar-refractivity contribution >= 4 is 41.1 Å². The summed E-state index contributed by atoms with van der Waals surface area (Å²) >= 11 is 6.23. The summed E-state index contributed by atoms with van der Waals surface area (Å²) in [6, 6.07) is 11.8. The minimum Gasteiger partial charge on any atom is -0.453 e. The number of hydrogen-bond acceptors (Lipinski definition) is 10. The molecule has 3 heterocycles. The zero-order valence-electron chi connectivity index (χ0n) is 24.7. The van der Waals surface area contributed by atoms with Crippen LogP contribution in [-0.2, 0) is 14.3 Å². The third kappa shape index (κ3) is 8.01. The van der Waals surface area contributed by atoms with Crippen molar-refractivity contribution in [2.75, 3.05) is 24.9 Å². The van der Waals surface area contributed by atoms with Crippen LogP contribution in [0.1, 0.15) is 42.9 Å². The summed E-state index contributed by atoms with van der Waals surface area (Å²) in [5, 5.41) is 31.7. The van der Waals surface area contributed by atoms with E-state index in [2.05, 4.69) is 36.5 Å². The number of nitrogens with one attached hydrogen (secondary N) is 3. The lowest BCUT2D eigenvalue weighted by atomic mass is 9.95. The fourth-order valence-electron chi connectivity index (χ4n) is 5.17. The topological polar surface area (TPSA) is 165 Å². The first-order chi connectivity index (χ1) is 21.8. The molecular weight excluding hydrogens is 600 g/mol. The summed E-state index contributed by atoms with van der Waals surface area (Å²) in [6.45, 7) is 0. The number of rotatable bonds is 7. The fourth-order valence-corrected chi connectivity index (χ4v) is 5.35. The van der Waals surface area contributed by atoms with Gasteiger partial charge in [0.15, 0.2) is 6.29 Å². The van der Waals surface area contributed by atoms with Gasteiger partial charge in [0.1, 0.15) is 6.33 Å². The summed E-state index contributed by atoms with van der Waals surface area (Å²) in [7, 11) is 2.74. The summed E-state index contributed by atoms with van der Waals surface area (Å²) < 4.78 is 11.5. The van der Waals surface area contributed by atoms with Crippen molar-refractivity contribution in [1.29, 1.82) is 0 Å². The van der Waals surface area contributed by atoms with Gasteiger partial charge in [0, 0.05) is 58.7 Å². The highest BCUT2D eigenvalue weighted by Crippen LogP contribution is 2.34. The molecule has 0 saturated carbocycles. The number of benzene rings is 2. The molecule has 4 aromatic rings. The van der Waals surface area contributed by atoms with E-state index in [1.165, 1.54) is 31.3 Å². The molecule has 2 bridgehead atoms. The number of aromatic nitrogens is 5. The smallest absolute Gasteiger partial charge is 0.411 e. The highest BCUT2D eigenvalue weighted by Gasteiger charge is 2.23. The van der Waals surface area contributed by atoms with E-state index in [1.807, 2.05) is 12.1 Å². The van der Waals surface area contributed by atoms with Gasteiger partial charge in [0.2, 0.25) is 5.91 Å². The van der Waals surface area contributed by atoms with Crippen molar-refractivity contribution in [3.8, 4) is 16.8 Å². The maximum Gasteiger partial charge on any atom is 0.411 e. The van der Waals surface area contributed by atoms with Crippen LogP contribution in [0.15, 0.2) is 67.3 Å². The molecule has 4 N–H and O–H groups in total. The van der Waals surface area contributed by atoms with Crippen LogP contribution in [0.3, 0.4) is 0 Å². The van der Waals surface area contributed by atoms with Crippen LogP contribution < -0.4 is 16.0 Å². The average molecular weight is 633 g/mol. The van der Waals surface area contributed by atoms with E-state index in [4.69, 9.17) is 21.1 Å². The number of fused-ring (bicyclic) bond motifs is 4. The minimum absolute atomic E-state index is 0.298. The summed E-state index contributed by atoms with van der Waals surface area (Å²) in [5.41, 5.74) is 4.91. The van der Waals surface area contributed by atoms with E-state index >= 15 is 0 Å². The molecule has 0 fully saturated rings. The summed E-state index contributed by atoms with van der Waals surface area (Å²) in [4.78, 5) is 29.6. The number of aliphatic hydroxyl groups is 1. The quantitative estimate of drug-likeness (QED) is 0.165. The number of anilines is 2. The number of tetrazole rings is 1. The first kappa shape index (κ1) is 31.6. The van der Waals surface area contributed by atoms with Gasteiger partial charge in [-0.15, -0.1) is 5.10 Å². The molecule has 2 aromatic carbocycles. The highest BCUT2D eigenvalue weighted by molar-refractivity contribution is 6.30. The Kier molecular flexibility index (Phi) is 10.3. The lowest BCUT2D eigenvalue weighted by Crippen LogP contribution is -2.35. The number of aliphatic hydroxyl groups excluding tert-OH is 1. The molecular formula is C31H33ClN8O5. The lowest BCUT2D eigenvalue weighted by Gasteiger charge is -2.27. The third-order valence-corrected chi connectivity index (χ3v) is 7.66. The Morgan fingerprint density at radius 1 is 1.13 bits per heavy atom. The molecule has 1 aliphatic heterocycles. The van der Waals surface area contributed by atoms with Crippen LogP contribution in [0.4, 0.5) is 16.2 Å². The Morgan fingerprint density at radius 2 is 1.98 bits per heavy atom. The number of amides is 2. The highest BCUT2D eigenvalue weighted by atomic mass is 35.5. The van der Waals surface area contributed by atoms with Gasteiger partial charge < -0.3 is 25.2 Å². The first-order valence-corrected chi connectivity index (χ1v) is 14.7. The maximum atomic E-state index is 13.3. The van der Waals surface area contributed by atoms with Crippen molar-refractivity contribution in [2.45, 2.75) is 44.1 Å². The predicted molar refractivity (Wildman–Crippen MR) is 169 cm³/mol. The summed E-state index contributed by atoms with van der Waals surface area (Å²) in [6.07, 6.45) is 9.09. The monoisotopic (exact) mass is 632 g/mol. The molecule has 0 spiro atoms. The van der Waals surface area contributed by atoms with Crippen LogP contribution in [0.5, 0.6) is 0 Å². The van der Waals surface area contributed by atoms with Gasteiger partial charge in [0.05, 0.1) is 24.9 Å². The number of hydrogen-bond donors (Lipinski definition) is 4. The van der Waals surface area contributed by atoms with Crippen LogP contribution in [-0.4, -0.2) is 68.8 Å². The van der Waals surface area contributed by atoms with E-state index in [-0.39, 0.29) is 11.9 Å². The van der Waals surface area contributed by atoms with Gasteiger partial charge in [-0.3, -0.25) is 15.1 Å². The average Bonchev–Trinajstić information content (AvgIpc) is 3.59. The molecule has 0 aliphatic carbocycles. The van der Waals surface area contributed by atoms with Crippen molar-refractivity contribution in [2.24, 2.45) is 0 Å². The molecule has 5 rings (SSSR count). The number of carbonyl (C=O) groups excluding carboxylic acids is 2. The fraction of sp³-hybridized carbons (Fsp3) is 0.290.